The molecule has 2 aromatic rings. The topological polar surface area (TPSA) is 157 Å². The molecule has 0 bridgehead atoms. The first-order chi connectivity index (χ1) is 21.1. The maximum absolute atomic E-state index is 13.4. The zero-order valence-corrected chi connectivity index (χ0v) is 26.7. The molecule has 0 aromatic heterocycles. The summed E-state index contributed by atoms with van der Waals surface area (Å²) in [5, 5.41) is 5.46. The molecule has 1 aliphatic rings. The maximum atomic E-state index is 13.4. The molecule has 242 valence electrons. The molecule has 0 heterocycles. The summed E-state index contributed by atoms with van der Waals surface area (Å²) in [5.41, 5.74) is 3.33. The molecule has 3 rings (SSSR count). The first kappa shape index (κ1) is 34.7. The predicted octanol–water partition coefficient (Wildman–Crippen LogP) is 4.01. The van der Waals surface area contributed by atoms with Crippen molar-refractivity contribution in [1.82, 2.24) is 15.7 Å². The van der Waals surface area contributed by atoms with E-state index in [4.69, 9.17) is 14.3 Å². The zero-order valence-electron chi connectivity index (χ0n) is 26.7. The van der Waals surface area contributed by atoms with Gasteiger partial charge in [-0.25, -0.2) is 14.4 Å². The molecule has 4 amide bonds. The normalized spacial score (nSPS) is 13.5. The molecule has 0 saturated carbocycles. The Morgan fingerprint density at radius 1 is 0.844 bits per heavy atom. The Morgan fingerprint density at radius 2 is 1.38 bits per heavy atom. The highest BCUT2D eigenvalue weighted by Gasteiger charge is 2.34. The van der Waals surface area contributed by atoms with Crippen molar-refractivity contribution in [2.24, 2.45) is 5.92 Å². The average Bonchev–Trinajstić information content (AvgIpc) is 3.27. The van der Waals surface area contributed by atoms with E-state index in [0.717, 1.165) is 36.1 Å². The van der Waals surface area contributed by atoms with E-state index in [2.05, 4.69) is 10.6 Å². The SMILES string of the molecule is CC(=O)N(OC(=O)CC[C@H](NC(=O)C(NC(=O)OCC1c2ccccc2-c2ccccc21)C(C)C)C(=O)OC(C)(C)C)C(C)=O. The van der Waals surface area contributed by atoms with E-state index in [-0.39, 0.29) is 18.9 Å². The maximum Gasteiger partial charge on any atom is 0.407 e. The Morgan fingerprint density at radius 3 is 1.87 bits per heavy atom. The van der Waals surface area contributed by atoms with Gasteiger partial charge in [0.1, 0.15) is 24.3 Å². The second-order valence-electron chi connectivity index (χ2n) is 12.1. The Labute approximate surface area is 262 Å². The second-order valence-corrected chi connectivity index (χ2v) is 12.1. The third-order valence-corrected chi connectivity index (χ3v) is 6.98. The molecule has 45 heavy (non-hydrogen) atoms. The number of amides is 4. The number of nitrogens with zero attached hydrogens (tertiary/aromatic N) is 1. The minimum Gasteiger partial charge on any atom is -0.458 e. The Kier molecular flexibility index (Phi) is 11.4. The Hall–Kier alpha value is -4.74. The van der Waals surface area contributed by atoms with Gasteiger partial charge in [-0.15, -0.1) is 5.06 Å². The van der Waals surface area contributed by atoms with Crippen molar-refractivity contribution in [3.8, 4) is 11.1 Å². The molecule has 0 saturated heterocycles. The summed E-state index contributed by atoms with van der Waals surface area (Å²) >= 11 is 0. The van der Waals surface area contributed by atoms with Crippen LogP contribution in [0.15, 0.2) is 48.5 Å². The number of carbonyl (C=O) groups excluding carboxylic acids is 6. The Balaban J connectivity index is 1.67. The van der Waals surface area contributed by atoms with Gasteiger partial charge in [-0.3, -0.25) is 14.4 Å². The number of esters is 1. The third-order valence-electron chi connectivity index (χ3n) is 6.98. The Bertz CT molecular complexity index is 1390. The highest BCUT2D eigenvalue weighted by atomic mass is 16.7. The largest absolute Gasteiger partial charge is 0.458 e. The fourth-order valence-corrected chi connectivity index (χ4v) is 4.95. The number of imide groups is 1. The highest BCUT2D eigenvalue weighted by molar-refractivity contribution is 5.93. The molecular weight excluding hydrogens is 582 g/mol. The van der Waals surface area contributed by atoms with Crippen LogP contribution < -0.4 is 10.6 Å². The molecule has 2 atom stereocenters. The van der Waals surface area contributed by atoms with Crippen molar-refractivity contribution in [2.45, 2.75) is 84.9 Å². The van der Waals surface area contributed by atoms with E-state index in [1.54, 1.807) is 34.6 Å². The number of hydrogen-bond donors (Lipinski definition) is 2. The molecule has 1 unspecified atom stereocenters. The van der Waals surface area contributed by atoms with Crippen molar-refractivity contribution in [3.05, 3.63) is 59.7 Å². The van der Waals surface area contributed by atoms with Crippen LogP contribution in [0, 0.1) is 5.92 Å². The lowest BCUT2D eigenvalue weighted by atomic mass is 9.98. The van der Waals surface area contributed by atoms with Crippen LogP contribution in [0.5, 0.6) is 0 Å². The number of nitrogens with one attached hydrogen (secondary N) is 2. The average molecular weight is 624 g/mol. The van der Waals surface area contributed by atoms with Crippen molar-refractivity contribution in [3.63, 3.8) is 0 Å². The van der Waals surface area contributed by atoms with Gasteiger partial charge in [-0.05, 0) is 55.4 Å². The molecule has 2 aromatic carbocycles. The van der Waals surface area contributed by atoms with E-state index in [1.807, 2.05) is 48.5 Å². The lowest BCUT2D eigenvalue weighted by Gasteiger charge is -2.27. The van der Waals surface area contributed by atoms with Crippen molar-refractivity contribution >= 4 is 35.8 Å². The third kappa shape index (κ3) is 9.37. The molecule has 1 aliphatic carbocycles. The standard InChI is InChI=1S/C33H41N3O9/c1-19(2)29(35-32(42)43-18-26-24-14-10-8-12-22(24)23-13-9-11-15-25(23)26)30(40)34-27(31(41)44-33(5,6)7)16-17-28(39)45-36(20(3)37)21(4)38/h8-15,19,26-27,29H,16-18H2,1-7H3,(H,34,40)(H,35,42)/t27-,29?/m0/s1. The van der Waals surface area contributed by atoms with Gasteiger partial charge < -0.3 is 24.9 Å². The lowest BCUT2D eigenvalue weighted by Crippen LogP contribution is -2.54. The van der Waals surface area contributed by atoms with E-state index in [1.165, 1.54) is 0 Å². The molecule has 0 fully saturated rings. The quantitative estimate of drug-likeness (QED) is 0.295. The van der Waals surface area contributed by atoms with E-state index in [0.29, 0.717) is 5.06 Å². The summed E-state index contributed by atoms with van der Waals surface area (Å²) in [6.45, 7) is 10.5. The molecule has 0 aliphatic heterocycles. The van der Waals surface area contributed by atoms with Crippen molar-refractivity contribution < 1.29 is 43.1 Å². The van der Waals surface area contributed by atoms with Crippen LogP contribution >= 0.6 is 0 Å². The molecule has 0 spiro atoms. The molecular formula is C33H41N3O9. The molecule has 12 heteroatoms. The smallest absolute Gasteiger partial charge is 0.407 e. The summed E-state index contributed by atoms with van der Waals surface area (Å²) in [5.74, 6) is -4.67. The van der Waals surface area contributed by atoms with Crippen LogP contribution in [-0.2, 0) is 38.3 Å². The lowest BCUT2D eigenvalue weighted by molar-refractivity contribution is -0.200. The molecule has 0 radical (unpaired) electrons. The summed E-state index contributed by atoms with van der Waals surface area (Å²) in [6.07, 6.45) is -1.51. The molecule has 12 nitrogen and oxygen atoms in total. The van der Waals surface area contributed by atoms with Crippen LogP contribution in [-0.4, -0.2) is 65.1 Å². The van der Waals surface area contributed by atoms with Gasteiger partial charge in [-0.1, -0.05) is 62.4 Å². The fourth-order valence-electron chi connectivity index (χ4n) is 4.95. The van der Waals surface area contributed by atoms with Crippen LogP contribution in [0.3, 0.4) is 0 Å². The molecule has 2 N–H and O–H groups in total. The summed E-state index contributed by atoms with van der Waals surface area (Å²) in [6, 6.07) is 13.4. The van der Waals surface area contributed by atoms with Crippen molar-refractivity contribution in [1.29, 1.82) is 0 Å². The number of carbonyl (C=O) groups is 6. The number of ether oxygens (including phenoxy) is 2. The van der Waals surface area contributed by atoms with Gasteiger partial charge in [-0.2, -0.15) is 0 Å². The van der Waals surface area contributed by atoms with Crippen LogP contribution in [0.2, 0.25) is 0 Å². The van der Waals surface area contributed by atoms with Gasteiger partial charge in [0.15, 0.2) is 0 Å². The number of rotatable bonds is 10. The van der Waals surface area contributed by atoms with Crippen LogP contribution in [0.4, 0.5) is 4.79 Å². The summed E-state index contributed by atoms with van der Waals surface area (Å²) in [4.78, 5) is 79.7. The van der Waals surface area contributed by atoms with E-state index < -0.39 is 65.8 Å². The minimum absolute atomic E-state index is 0.0481. The van der Waals surface area contributed by atoms with E-state index in [9.17, 15) is 28.8 Å². The number of hydroxylamine groups is 2. The summed E-state index contributed by atoms with van der Waals surface area (Å²) < 4.78 is 11.0. The second kappa shape index (κ2) is 14.8. The first-order valence-electron chi connectivity index (χ1n) is 14.8. The monoisotopic (exact) mass is 623 g/mol. The highest BCUT2D eigenvalue weighted by Crippen LogP contribution is 2.44. The van der Waals surface area contributed by atoms with Crippen LogP contribution in [0.25, 0.3) is 11.1 Å². The van der Waals surface area contributed by atoms with Gasteiger partial charge in [0.05, 0.1) is 6.42 Å². The van der Waals surface area contributed by atoms with Gasteiger partial charge in [0.2, 0.25) is 5.91 Å². The van der Waals surface area contributed by atoms with Crippen LogP contribution in [0.1, 0.15) is 78.4 Å². The zero-order chi connectivity index (χ0) is 33.5. The minimum atomic E-state index is -1.31. The van der Waals surface area contributed by atoms with E-state index >= 15 is 0 Å². The number of hydrogen-bond acceptors (Lipinski definition) is 9. The summed E-state index contributed by atoms with van der Waals surface area (Å²) in [7, 11) is 0. The predicted molar refractivity (Wildman–Crippen MR) is 163 cm³/mol. The first-order valence-corrected chi connectivity index (χ1v) is 14.8. The number of benzene rings is 2. The van der Waals surface area contributed by atoms with Crippen molar-refractivity contribution in [2.75, 3.05) is 6.61 Å². The number of fused-ring (bicyclic) bond motifs is 3. The van der Waals surface area contributed by atoms with Gasteiger partial charge in [0, 0.05) is 19.8 Å². The number of alkyl carbamates (subject to hydrolysis) is 1. The van der Waals surface area contributed by atoms with Gasteiger partial charge in [0.25, 0.3) is 11.8 Å². The van der Waals surface area contributed by atoms with Gasteiger partial charge >= 0.3 is 18.0 Å². The fraction of sp³-hybridized carbons (Fsp3) is 0.455.